The maximum absolute atomic E-state index is 12.0. The van der Waals surface area contributed by atoms with E-state index in [0.29, 0.717) is 0 Å². The third-order valence-corrected chi connectivity index (χ3v) is 4.56. The summed E-state index contributed by atoms with van der Waals surface area (Å²) in [5, 5.41) is 4.31. The second-order valence-electron chi connectivity index (χ2n) is 5.24. The fraction of sp³-hybridized carbons (Fsp3) is 0.615. The van der Waals surface area contributed by atoms with Crippen molar-refractivity contribution in [3.05, 3.63) is 22.4 Å². The van der Waals surface area contributed by atoms with Crippen LogP contribution in [-0.2, 0) is 11.3 Å². The van der Waals surface area contributed by atoms with Gasteiger partial charge in [-0.25, -0.2) is 0 Å². The summed E-state index contributed by atoms with van der Waals surface area (Å²) >= 11 is 1.74. The molecule has 2 unspecified atom stereocenters. The molecule has 0 radical (unpaired) electrons. The van der Waals surface area contributed by atoms with Crippen LogP contribution in [0.3, 0.4) is 0 Å². The molecule has 2 N–H and O–H groups in total. The zero-order valence-electron chi connectivity index (χ0n) is 10.4. The van der Waals surface area contributed by atoms with Crippen LogP contribution in [-0.4, -0.2) is 47.9 Å². The van der Waals surface area contributed by atoms with Gasteiger partial charge in [0.15, 0.2) is 0 Å². The van der Waals surface area contributed by atoms with Gasteiger partial charge in [-0.2, -0.15) is 11.3 Å². The van der Waals surface area contributed by atoms with Crippen molar-refractivity contribution >= 4 is 17.2 Å². The van der Waals surface area contributed by atoms with Gasteiger partial charge in [0.1, 0.15) is 0 Å². The molecular weight excluding hydrogens is 246 g/mol. The van der Waals surface area contributed by atoms with E-state index in [4.69, 9.17) is 5.73 Å². The zero-order chi connectivity index (χ0) is 12.5. The van der Waals surface area contributed by atoms with Gasteiger partial charge in [0.2, 0.25) is 5.91 Å². The molecule has 3 rings (SSSR count). The molecule has 18 heavy (non-hydrogen) atoms. The first kappa shape index (κ1) is 12.1. The first-order valence-corrected chi connectivity index (χ1v) is 7.46. The predicted octanol–water partition coefficient (Wildman–Crippen LogP) is 0.740. The van der Waals surface area contributed by atoms with Gasteiger partial charge in [-0.1, -0.05) is 0 Å². The molecule has 98 valence electrons. The molecule has 1 saturated carbocycles. The van der Waals surface area contributed by atoms with E-state index in [1.807, 2.05) is 4.90 Å². The van der Waals surface area contributed by atoms with Crippen LogP contribution in [0.4, 0.5) is 0 Å². The lowest BCUT2D eigenvalue weighted by atomic mass is 10.2. The van der Waals surface area contributed by atoms with Crippen LogP contribution >= 0.6 is 11.3 Å². The number of nitrogens with zero attached hydrogens (tertiary/aromatic N) is 2. The highest BCUT2D eigenvalue weighted by Crippen LogP contribution is 2.30. The summed E-state index contributed by atoms with van der Waals surface area (Å²) in [5.41, 5.74) is 7.11. The van der Waals surface area contributed by atoms with Crippen molar-refractivity contribution in [1.29, 1.82) is 0 Å². The van der Waals surface area contributed by atoms with Crippen LogP contribution in [0.15, 0.2) is 16.8 Å². The van der Waals surface area contributed by atoms with Crippen LogP contribution in [0, 0.1) is 5.92 Å². The Labute approximate surface area is 111 Å². The van der Waals surface area contributed by atoms with Crippen LogP contribution in [0.2, 0.25) is 0 Å². The van der Waals surface area contributed by atoms with E-state index < -0.39 is 0 Å². The zero-order valence-corrected chi connectivity index (χ0v) is 11.2. The highest BCUT2D eigenvalue weighted by atomic mass is 32.1. The predicted molar refractivity (Wildman–Crippen MR) is 72.3 cm³/mol. The van der Waals surface area contributed by atoms with Gasteiger partial charge in [0.25, 0.3) is 0 Å². The topological polar surface area (TPSA) is 49.6 Å². The Kier molecular flexibility index (Phi) is 3.37. The fourth-order valence-electron chi connectivity index (χ4n) is 2.50. The average Bonchev–Trinajstić information content (AvgIpc) is 2.89. The average molecular weight is 265 g/mol. The molecule has 1 aromatic heterocycles. The lowest BCUT2D eigenvalue weighted by molar-refractivity contribution is -0.134. The summed E-state index contributed by atoms with van der Waals surface area (Å²) in [6, 6.07) is 2.30. The summed E-state index contributed by atoms with van der Waals surface area (Å²) < 4.78 is 0. The van der Waals surface area contributed by atoms with E-state index in [1.54, 1.807) is 11.3 Å². The van der Waals surface area contributed by atoms with Crippen molar-refractivity contribution in [2.45, 2.75) is 19.0 Å². The minimum atomic E-state index is 0.119. The summed E-state index contributed by atoms with van der Waals surface area (Å²) in [7, 11) is 0. The Morgan fingerprint density at radius 3 is 2.67 bits per heavy atom. The molecule has 1 saturated heterocycles. The summed E-state index contributed by atoms with van der Waals surface area (Å²) in [6.07, 6.45) is 0.883. The molecule has 0 aromatic carbocycles. The Bertz CT molecular complexity index is 412. The number of amides is 1. The maximum atomic E-state index is 12.0. The van der Waals surface area contributed by atoms with Gasteiger partial charge in [0.05, 0.1) is 5.92 Å². The second-order valence-corrected chi connectivity index (χ2v) is 6.02. The van der Waals surface area contributed by atoms with Crippen LogP contribution in [0.5, 0.6) is 0 Å². The lowest BCUT2D eigenvalue weighted by Crippen LogP contribution is -2.49. The van der Waals surface area contributed by atoms with Crippen LogP contribution < -0.4 is 5.73 Å². The number of carbonyl (C=O) groups excluding carboxylic acids is 1. The molecule has 1 amide bonds. The van der Waals surface area contributed by atoms with Crippen LogP contribution in [0.1, 0.15) is 12.0 Å². The molecule has 1 aliphatic heterocycles. The number of nitrogens with two attached hydrogens (primary N) is 1. The summed E-state index contributed by atoms with van der Waals surface area (Å²) in [5.74, 6) is 0.395. The number of hydrogen-bond donors (Lipinski definition) is 1. The van der Waals surface area contributed by atoms with Gasteiger partial charge >= 0.3 is 0 Å². The SMILES string of the molecule is NC1CC1C(=O)N1CCN(Cc2ccsc2)CC1. The molecule has 1 aromatic rings. The molecule has 5 heteroatoms. The van der Waals surface area contributed by atoms with E-state index >= 15 is 0 Å². The highest BCUT2D eigenvalue weighted by molar-refractivity contribution is 7.07. The lowest BCUT2D eigenvalue weighted by Gasteiger charge is -2.34. The van der Waals surface area contributed by atoms with E-state index in [2.05, 4.69) is 21.7 Å². The van der Waals surface area contributed by atoms with E-state index in [9.17, 15) is 4.79 Å². The van der Waals surface area contributed by atoms with E-state index in [1.165, 1.54) is 5.56 Å². The molecule has 2 heterocycles. The van der Waals surface area contributed by atoms with Crippen molar-refractivity contribution in [2.75, 3.05) is 26.2 Å². The number of thiophene rings is 1. The van der Waals surface area contributed by atoms with Crippen molar-refractivity contribution in [3.63, 3.8) is 0 Å². The summed E-state index contributed by atoms with van der Waals surface area (Å²) in [6.45, 7) is 4.67. The third kappa shape index (κ3) is 2.58. The van der Waals surface area contributed by atoms with Crippen LogP contribution in [0.25, 0.3) is 0 Å². The van der Waals surface area contributed by atoms with Crippen molar-refractivity contribution in [3.8, 4) is 0 Å². The highest BCUT2D eigenvalue weighted by Gasteiger charge is 2.42. The molecule has 4 nitrogen and oxygen atoms in total. The molecule has 2 atom stereocenters. The largest absolute Gasteiger partial charge is 0.340 e. The maximum Gasteiger partial charge on any atom is 0.227 e. The molecule has 0 bridgehead atoms. The molecule has 0 spiro atoms. The molecular formula is C13H19N3OS. The van der Waals surface area contributed by atoms with Gasteiger partial charge in [-0.3, -0.25) is 9.69 Å². The normalized spacial score (nSPS) is 28.4. The Morgan fingerprint density at radius 2 is 2.11 bits per heavy atom. The first-order chi connectivity index (χ1) is 8.74. The Hall–Kier alpha value is -0.910. The van der Waals surface area contributed by atoms with Gasteiger partial charge < -0.3 is 10.6 Å². The van der Waals surface area contributed by atoms with Gasteiger partial charge in [-0.05, 0) is 28.8 Å². The van der Waals surface area contributed by atoms with Crippen molar-refractivity contribution < 1.29 is 4.79 Å². The quantitative estimate of drug-likeness (QED) is 0.877. The third-order valence-electron chi connectivity index (χ3n) is 3.83. The van der Waals surface area contributed by atoms with Crippen molar-refractivity contribution in [1.82, 2.24) is 9.80 Å². The van der Waals surface area contributed by atoms with E-state index in [0.717, 1.165) is 39.1 Å². The van der Waals surface area contributed by atoms with Gasteiger partial charge in [-0.15, -0.1) is 0 Å². The summed E-state index contributed by atoms with van der Waals surface area (Å²) in [4.78, 5) is 16.4. The standard InChI is InChI=1S/C13H19N3OS/c14-12-7-11(12)13(17)16-4-2-15(3-5-16)8-10-1-6-18-9-10/h1,6,9,11-12H,2-5,7-8,14H2. The molecule has 2 aliphatic rings. The number of carbonyl (C=O) groups is 1. The Morgan fingerprint density at radius 1 is 1.39 bits per heavy atom. The van der Waals surface area contributed by atoms with Crippen molar-refractivity contribution in [2.24, 2.45) is 11.7 Å². The van der Waals surface area contributed by atoms with Gasteiger partial charge in [0, 0.05) is 38.8 Å². The molecule has 2 fully saturated rings. The second kappa shape index (κ2) is 4.99. The molecule has 1 aliphatic carbocycles. The smallest absolute Gasteiger partial charge is 0.227 e. The number of piperazine rings is 1. The Balaban J connectivity index is 1.47. The van der Waals surface area contributed by atoms with E-state index in [-0.39, 0.29) is 17.9 Å². The number of rotatable bonds is 3. The fourth-order valence-corrected chi connectivity index (χ4v) is 3.16. The minimum Gasteiger partial charge on any atom is -0.340 e. The first-order valence-electron chi connectivity index (χ1n) is 6.52. The minimum absolute atomic E-state index is 0.119. The monoisotopic (exact) mass is 265 g/mol. The number of hydrogen-bond acceptors (Lipinski definition) is 4.